The lowest BCUT2D eigenvalue weighted by molar-refractivity contribution is -0.133. The van der Waals surface area contributed by atoms with Gasteiger partial charge in [-0.3, -0.25) is 4.79 Å². The fraction of sp³-hybridized carbons (Fsp3) is 0.579. The number of halogens is 1. The molecule has 1 unspecified atom stereocenters. The van der Waals surface area contributed by atoms with Crippen molar-refractivity contribution in [3.8, 4) is 6.07 Å². The van der Waals surface area contributed by atoms with Gasteiger partial charge in [0, 0.05) is 37.3 Å². The monoisotopic (exact) mass is 347 g/mol. The number of rotatable bonds is 5. The van der Waals surface area contributed by atoms with Crippen molar-refractivity contribution in [2.24, 2.45) is 11.8 Å². The Labute approximate surface area is 150 Å². The zero-order valence-electron chi connectivity index (χ0n) is 14.9. The average Bonchev–Trinajstić information content (AvgIpc) is 3.01. The molecule has 2 rings (SSSR count). The second kappa shape index (κ2) is 7.90. The van der Waals surface area contributed by atoms with E-state index in [-0.39, 0.29) is 11.8 Å². The van der Waals surface area contributed by atoms with Crippen LogP contribution in [0.4, 0.5) is 5.69 Å². The van der Waals surface area contributed by atoms with Gasteiger partial charge in [-0.15, -0.1) is 0 Å². The van der Waals surface area contributed by atoms with E-state index in [2.05, 4.69) is 24.8 Å². The van der Waals surface area contributed by atoms with Gasteiger partial charge in [0.05, 0.1) is 10.6 Å². The highest BCUT2D eigenvalue weighted by Crippen LogP contribution is 2.29. The highest BCUT2D eigenvalue weighted by Gasteiger charge is 2.31. The van der Waals surface area contributed by atoms with Crippen molar-refractivity contribution < 1.29 is 4.79 Å². The van der Waals surface area contributed by atoms with Crippen LogP contribution in [-0.2, 0) is 4.79 Å². The lowest BCUT2D eigenvalue weighted by Crippen LogP contribution is -2.41. The molecule has 5 heteroatoms. The van der Waals surface area contributed by atoms with Gasteiger partial charge in [0.1, 0.15) is 6.07 Å². The molecule has 1 amide bonds. The predicted molar refractivity (Wildman–Crippen MR) is 98.2 cm³/mol. The predicted octanol–water partition coefficient (Wildman–Crippen LogP) is 3.93. The van der Waals surface area contributed by atoms with E-state index >= 15 is 0 Å². The second-order valence-electron chi connectivity index (χ2n) is 7.20. The van der Waals surface area contributed by atoms with Crippen LogP contribution in [0, 0.1) is 23.2 Å². The Balaban J connectivity index is 2.22. The van der Waals surface area contributed by atoms with Gasteiger partial charge in [0.25, 0.3) is 0 Å². The van der Waals surface area contributed by atoms with Crippen molar-refractivity contribution >= 4 is 23.2 Å². The zero-order chi connectivity index (χ0) is 17.9. The summed E-state index contributed by atoms with van der Waals surface area (Å²) in [7, 11) is 0. The number of likely N-dealkylation sites (tertiary alicyclic amines) is 1. The number of benzene rings is 1. The average molecular weight is 348 g/mol. The summed E-state index contributed by atoms with van der Waals surface area (Å²) in [5.74, 6) is 0.751. The van der Waals surface area contributed by atoms with E-state index in [0.29, 0.717) is 22.5 Å². The summed E-state index contributed by atoms with van der Waals surface area (Å²) >= 11 is 6.22. The largest absolute Gasteiger partial charge is 0.366 e. The van der Waals surface area contributed by atoms with Crippen LogP contribution in [0.25, 0.3) is 0 Å². The summed E-state index contributed by atoms with van der Waals surface area (Å²) in [6.45, 7) is 10.7. The number of amides is 1. The third-order valence-corrected chi connectivity index (χ3v) is 4.69. The molecule has 0 radical (unpaired) electrons. The molecule has 1 heterocycles. The molecule has 1 aliphatic heterocycles. The van der Waals surface area contributed by atoms with Crippen LogP contribution in [0.15, 0.2) is 18.2 Å². The standard InChI is InChI=1S/C19H26ClN3O/c1-13(2)11-23(16-6-5-15(10-21)18(20)9-16)17-7-8-22(12-17)19(24)14(3)4/h5-6,9,13-14,17H,7-8,11-12H2,1-4H3. The maximum Gasteiger partial charge on any atom is 0.225 e. The molecule has 1 aromatic rings. The molecule has 0 bridgehead atoms. The zero-order valence-corrected chi connectivity index (χ0v) is 15.7. The molecular weight excluding hydrogens is 322 g/mol. The number of anilines is 1. The number of hydrogen-bond acceptors (Lipinski definition) is 3. The van der Waals surface area contributed by atoms with E-state index in [9.17, 15) is 4.79 Å². The lowest BCUT2D eigenvalue weighted by atomic mass is 10.1. The number of nitriles is 1. The molecule has 0 spiro atoms. The quantitative estimate of drug-likeness (QED) is 0.810. The van der Waals surface area contributed by atoms with Gasteiger partial charge in [-0.2, -0.15) is 5.26 Å². The summed E-state index contributed by atoms with van der Waals surface area (Å²) in [5, 5.41) is 9.54. The Bertz CT molecular complexity index is 636. The summed E-state index contributed by atoms with van der Waals surface area (Å²) in [6.07, 6.45) is 0.961. The van der Waals surface area contributed by atoms with Gasteiger partial charge in [-0.25, -0.2) is 0 Å². The molecule has 1 saturated heterocycles. The smallest absolute Gasteiger partial charge is 0.225 e. The van der Waals surface area contributed by atoms with Crippen molar-refractivity contribution in [3.05, 3.63) is 28.8 Å². The summed E-state index contributed by atoms with van der Waals surface area (Å²) in [6, 6.07) is 8.00. The first-order valence-corrected chi connectivity index (χ1v) is 8.96. The van der Waals surface area contributed by atoms with Crippen LogP contribution in [0.5, 0.6) is 0 Å². The van der Waals surface area contributed by atoms with Gasteiger partial charge >= 0.3 is 0 Å². The van der Waals surface area contributed by atoms with E-state index in [4.69, 9.17) is 16.9 Å². The van der Waals surface area contributed by atoms with Gasteiger partial charge < -0.3 is 9.80 Å². The highest BCUT2D eigenvalue weighted by atomic mass is 35.5. The number of hydrogen-bond donors (Lipinski definition) is 0. The van der Waals surface area contributed by atoms with E-state index in [1.807, 2.05) is 30.9 Å². The van der Waals surface area contributed by atoms with Crippen LogP contribution in [0.2, 0.25) is 5.02 Å². The Hall–Kier alpha value is -1.73. The molecular formula is C19H26ClN3O. The molecule has 130 valence electrons. The van der Waals surface area contributed by atoms with Crippen molar-refractivity contribution in [3.63, 3.8) is 0 Å². The normalized spacial score (nSPS) is 17.4. The number of nitrogens with zero attached hydrogens (tertiary/aromatic N) is 3. The molecule has 0 N–H and O–H groups in total. The van der Waals surface area contributed by atoms with Crippen LogP contribution >= 0.6 is 11.6 Å². The molecule has 1 aromatic carbocycles. The maximum absolute atomic E-state index is 12.3. The minimum Gasteiger partial charge on any atom is -0.366 e. The van der Waals surface area contributed by atoms with E-state index in [0.717, 1.165) is 31.7 Å². The van der Waals surface area contributed by atoms with Gasteiger partial charge in [0.15, 0.2) is 0 Å². The van der Waals surface area contributed by atoms with Gasteiger partial charge in [0.2, 0.25) is 5.91 Å². The Morgan fingerprint density at radius 2 is 2.12 bits per heavy atom. The lowest BCUT2D eigenvalue weighted by Gasteiger charge is -2.33. The first kappa shape index (κ1) is 18.6. The maximum atomic E-state index is 12.3. The van der Waals surface area contributed by atoms with E-state index < -0.39 is 0 Å². The van der Waals surface area contributed by atoms with Crippen molar-refractivity contribution in [1.29, 1.82) is 5.26 Å². The first-order chi connectivity index (χ1) is 11.3. The van der Waals surface area contributed by atoms with Crippen LogP contribution in [0.1, 0.15) is 39.7 Å². The fourth-order valence-electron chi connectivity index (χ4n) is 3.19. The van der Waals surface area contributed by atoms with Gasteiger partial charge in [-0.05, 0) is 30.5 Å². The van der Waals surface area contributed by atoms with E-state index in [1.165, 1.54) is 0 Å². The number of carbonyl (C=O) groups excluding carboxylic acids is 1. The first-order valence-electron chi connectivity index (χ1n) is 8.58. The van der Waals surface area contributed by atoms with Crippen molar-refractivity contribution in [1.82, 2.24) is 4.90 Å². The summed E-state index contributed by atoms with van der Waals surface area (Å²) < 4.78 is 0. The molecule has 24 heavy (non-hydrogen) atoms. The fourth-order valence-corrected chi connectivity index (χ4v) is 3.41. The van der Waals surface area contributed by atoms with Crippen LogP contribution in [-0.4, -0.2) is 36.5 Å². The van der Waals surface area contributed by atoms with Gasteiger partial charge in [-0.1, -0.05) is 39.3 Å². The summed E-state index contributed by atoms with van der Waals surface area (Å²) in [4.78, 5) is 16.6. The molecule has 1 aliphatic rings. The SMILES string of the molecule is CC(C)CN(c1ccc(C#N)c(Cl)c1)C1CCN(C(=O)C(C)C)C1. The Morgan fingerprint density at radius 1 is 1.42 bits per heavy atom. The minimum absolute atomic E-state index is 0.0339. The second-order valence-corrected chi connectivity index (χ2v) is 7.61. The molecule has 0 saturated carbocycles. The third kappa shape index (κ3) is 4.21. The summed E-state index contributed by atoms with van der Waals surface area (Å²) in [5.41, 5.74) is 1.52. The van der Waals surface area contributed by atoms with Crippen LogP contribution in [0.3, 0.4) is 0 Å². The Kier molecular flexibility index (Phi) is 6.12. The molecule has 4 nitrogen and oxygen atoms in total. The molecule has 1 fully saturated rings. The molecule has 1 atom stereocenters. The van der Waals surface area contributed by atoms with Crippen molar-refractivity contribution in [2.75, 3.05) is 24.5 Å². The molecule has 0 aromatic heterocycles. The van der Waals surface area contributed by atoms with Crippen LogP contribution < -0.4 is 4.90 Å². The third-order valence-electron chi connectivity index (χ3n) is 4.38. The highest BCUT2D eigenvalue weighted by molar-refractivity contribution is 6.32. The Morgan fingerprint density at radius 3 is 2.67 bits per heavy atom. The topological polar surface area (TPSA) is 47.3 Å². The minimum atomic E-state index is 0.0339. The molecule has 0 aliphatic carbocycles. The number of carbonyl (C=O) groups is 1. The van der Waals surface area contributed by atoms with Crippen molar-refractivity contribution in [2.45, 2.75) is 40.2 Å². The van der Waals surface area contributed by atoms with E-state index in [1.54, 1.807) is 6.07 Å².